The van der Waals surface area contributed by atoms with Gasteiger partial charge in [-0.3, -0.25) is 4.79 Å². The molecule has 0 N–H and O–H groups in total. The van der Waals surface area contributed by atoms with E-state index >= 15 is 0 Å². The number of fused-ring (bicyclic) bond motifs is 1. The Morgan fingerprint density at radius 2 is 1.78 bits per heavy atom. The van der Waals surface area contributed by atoms with Crippen LogP contribution in [0.1, 0.15) is 32.3 Å². The van der Waals surface area contributed by atoms with E-state index in [1.807, 2.05) is 25.1 Å². The minimum absolute atomic E-state index is 0.0640. The number of carbonyl (C=O) groups is 1. The summed E-state index contributed by atoms with van der Waals surface area (Å²) < 4.78 is 0. The predicted octanol–water partition coefficient (Wildman–Crippen LogP) is 4.83. The number of hydrogen-bond acceptors (Lipinski definition) is 3. The van der Waals surface area contributed by atoms with Crippen molar-refractivity contribution in [2.24, 2.45) is 11.3 Å². The monoisotopic (exact) mass is 431 g/mol. The number of rotatable bonds is 8. The summed E-state index contributed by atoms with van der Waals surface area (Å²) in [6.45, 7) is 14.4. The minimum atomic E-state index is 0.0640. The third-order valence-corrected chi connectivity index (χ3v) is 7.39. The number of likely N-dealkylation sites (tertiary alicyclic amines) is 2. The molecule has 2 atom stereocenters. The van der Waals surface area contributed by atoms with Gasteiger partial charge in [-0.05, 0) is 49.9 Å². The van der Waals surface area contributed by atoms with Crippen molar-refractivity contribution in [2.45, 2.75) is 33.1 Å². The van der Waals surface area contributed by atoms with Gasteiger partial charge in [0.2, 0.25) is 5.91 Å². The largest absolute Gasteiger partial charge is 0.375 e. The van der Waals surface area contributed by atoms with Gasteiger partial charge in [0.05, 0.1) is 0 Å². The molecular formula is C28H37N3O. The molecule has 4 heteroatoms. The average molecular weight is 432 g/mol. The lowest BCUT2D eigenvalue weighted by Crippen LogP contribution is -2.55. The molecule has 0 aliphatic carbocycles. The van der Waals surface area contributed by atoms with Crippen LogP contribution in [0.15, 0.2) is 72.9 Å². The molecule has 0 radical (unpaired) electrons. The second-order valence-corrected chi connectivity index (χ2v) is 9.64. The van der Waals surface area contributed by atoms with Gasteiger partial charge in [0, 0.05) is 55.9 Å². The van der Waals surface area contributed by atoms with Gasteiger partial charge in [0.25, 0.3) is 0 Å². The summed E-state index contributed by atoms with van der Waals surface area (Å²) in [5, 5.41) is 0. The molecule has 2 heterocycles. The Morgan fingerprint density at radius 1 is 1.09 bits per heavy atom. The standard InChI is InChI=1S/C28H37N3O/c1-4-27(32)31(26-13-9-6-10-14-26)22-28-20-29(17-15-24-11-7-5-8-12-24)18-16-25(28)19-30(21-28)23(2)3/h5-14,25H,2,4,15-22H2,1,3H3. The van der Waals surface area contributed by atoms with Gasteiger partial charge in [-0.1, -0.05) is 62.0 Å². The first-order valence-corrected chi connectivity index (χ1v) is 12.0. The fraction of sp³-hybridized carbons (Fsp3) is 0.464. The van der Waals surface area contributed by atoms with Crippen LogP contribution >= 0.6 is 0 Å². The van der Waals surface area contributed by atoms with Crippen LogP contribution in [0, 0.1) is 11.3 Å². The first-order valence-electron chi connectivity index (χ1n) is 12.0. The Hall–Kier alpha value is -2.59. The summed E-state index contributed by atoms with van der Waals surface area (Å²) in [6, 6.07) is 21.0. The van der Waals surface area contributed by atoms with Crippen LogP contribution in [-0.2, 0) is 11.2 Å². The maximum atomic E-state index is 13.1. The van der Waals surface area contributed by atoms with Crippen molar-refractivity contribution >= 4 is 11.6 Å². The summed E-state index contributed by atoms with van der Waals surface area (Å²) >= 11 is 0. The second kappa shape index (κ2) is 9.91. The van der Waals surface area contributed by atoms with Gasteiger partial charge in [0.15, 0.2) is 0 Å². The summed E-state index contributed by atoms with van der Waals surface area (Å²) in [7, 11) is 0. The molecule has 0 saturated carbocycles. The Bertz CT molecular complexity index is 913. The van der Waals surface area contributed by atoms with E-state index in [1.165, 1.54) is 12.0 Å². The Kier molecular flexibility index (Phi) is 7.00. The Morgan fingerprint density at radius 3 is 2.44 bits per heavy atom. The SMILES string of the molecule is C=C(C)N1CC2CCN(CCc3ccccc3)CC2(CN(C(=O)CC)c2ccccc2)C1. The molecule has 4 rings (SSSR count). The van der Waals surface area contributed by atoms with Gasteiger partial charge in [0.1, 0.15) is 0 Å². The van der Waals surface area contributed by atoms with E-state index in [0.29, 0.717) is 12.3 Å². The van der Waals surface area contributed by atoms with Crippen molar-refractivity contribution in [3.63, 3.8) is 0 Å². The third-order valence-electron chi connectivity index (χ3n) is 7.39. The van der Waals surface area contributed by atoms with Crippen LogP contribution in [0.3, 0.4) is 0 Å². The molecule has 2 saturated heterocycles. The van der Waals surface area contributed by atoms with Crippen LogP contribution in [0.4, 0.5) is 5.69 Å². The molecule has 2 aromatic rings. The molecule has 1 amide bonds. The molecule has 0 aromatic heterocycles. The van der Waals surface area contributed by atoms with Crippen molar-refractivity contribution in [3.8, 4) is 0 Å². The molecule has 0 spiro atoms. The number of amides is 1. The van der Waals surface area contributed by atoms with Gasteiger partial charge >= 0.3 is 0 Å². The van der Waals surface area contributed by atoms with E-state index < -0.39 is 0 Å². The summed E-state index contributed by atoms with van der Waals surface area (Å²) in [6.07, 6.45) is 2.78. The van der Waals surface area contributed by atoms with Crippen LogP contribution in [-0.4, -0.2) is 55.0 Å². The second-order valence-electron chi connectivity index (χ2n) is 9.64. The van der Waals surface area contributed by atoms with Crippen molar-refractivity contribution in [1.29, 1.82) is 0 Å². The topological polar surface area (TPSA) is 26.8 Å². The number of nitrogens with zero attached hydrogens (tertiary/aromatic N) is 3. The maximum Gasteiger partial charge on any atom is 0.226 e. The first kappa shape index (κ1) is 22.6. The highest BCUT2D eigenvalue weighted by atomic mass is 16.2. The van der Waals surface area contributed by atoms with E-state index in [2.05, 4.69) is 70.7 Å². The van der Waals surface area contributed by atoms with Crippen LogP contribution in [0.5, 0.6) is 0 Å². The van der Waals surface area contributed by atoms with Crippen LogP contribution in [0.2, 0.25) is 0 Å². The van der Waals surface area contributed by atoms with Gasteiger partial charge in [-0.15, -0.1) is 0 Å². The zero-order chi connectivity index (χ0) is 22.6. The number of carbonyl (C=O) groups excluding carboxylic acids is 1. The Labute approximate surface area is 193 Å². The van der Waals surface area contributed by atoms with E-state index in [0.717, 1.165) is 57.1 Å². The van der Waals surface area contributed by atoms with E-state index in [9.17, 15) is 4.79 Å². The molecule has 2 fully saturated rings. The molecule has 32 heavy (non-hydrogen) atoms. The predicted molar refractivity (Wildman–Crippen MR) is 133 cm³/mol. The smallest absolute Gasteiger partial charge is 0.226 e. The van der Waals surface area contributed by atoms with E-state index in [4.69, 9.17) is 0 Å². The van der Waals surface area contributed by atoms with Crippen molar-refractivity contribution < 1.29 is 4.79 Å². The molecular weight excluding hydrogens is 394 g/mol. The molecule has 2 aliphatic rings. The molecule has 4 nitrogen and oxygen atoms in total. The number of piperidine rings is 1. The van der Waals surface area contributed by atoms with Gasteiger partial charge < -0.3 is 14.7 Å². The quantitative estimate of drug-likeness (QED) is 0.599. The van der Waals surface area contributed by atoms with Gasteiger partial charge in [-0.2, -0.15) is 0 Å². The van der Waals surface area contributed by atoms with Crippen molar-refractivity contribution in [3.05, 3.63) is 78.5 Å². The Balaban J connectivity index is 1.57. The summed E-state index contributed by atoms with van der Waals surface area (Å²) in [5.74, 6) is 0.794. The number of anilines is 1. The molecule has 2 aliphatic heterocycles. The first-order chi connectivity index (χ1) is 15.5. The van der Waals surface area contributed by atoms with Crippen molar-refractivity contribution in [1.82, 2.24) is 9.80 Å². The van der Waals surface area contributed by atoms with Crippen molar-refractivity contribution in [2.75, 3.05) is 44.2 Å². The lowest BCUT2D eigenvalue weighted by atomic mass is 9.72. The zero-order valence-corrected chi connectivity index (χ0v) is 19.7. The van der Waals surface area contributed by atoms with Gasteiger partial charge in [-0.25, -0.2) is 0 Å². The lowest BCUT2D eigenvalue weighted by molar-refractivity contribution is -0.118. The average Bonchev–Trinajstić information content (AvgIpc) is 3.21. The fourth-order valence-corrected chi connectivity index (χ4v) is 5.55. The number of benzene rings is 2. The minimum Gasteiger partial charge on any atom is -0.375 e. The van der Waals surface area contributed by atoms with Crippen LogP contribution in [0.25, 0.3) is 0 Å². The normalized spacial score (nSPS) is 23.1. The van der Waals surface area contributed by atoms with Crippen LogP contribution < -0.4 is 4.90 Å². The summed E-state index contributed by atoms with van der Waals surface area (Å²) in [5.41, 5.74) is 3.62. The fourth-order valence-electron chi connectivity index (χ4n) is 5.55. The zero-order valence-electron chi connectivity index (χ0n) is 19.7. The molecule has 0 bridgehead atoms. The highest BCUT2D eigenvalue weighted by Gasteiger charge is 2.50. The number of para-hydroxylation sites is 1. The number of hydrogen-bond donors (Lipinski definition) is 0. The lowest BCUT2D eigenvalue weighted by Gasteiger charge is -2.46. The molecule has 170 valence electrons. The molecule has 2 aromatic carbocycles. The molecule has 2 unspecified atom stereocenters. The highest BCUT2D eigenvalue weighted by molar-refractivity contribution is 5.93. The van der Waals surface area contributed by atoms with E-state index in [1.54, 1.807) is 0 Å². The number of allylic oxidation sites excluding steroid dienone is 1. The summed E-state index contributed by atoms with van der Waals surface area (Å²) in [4.78, 5) is 20.2. The highest BCUT2D eigenvalue weighted by Crippen LogP contribution is 2.44. The maximum absolute atomic E-state index is 13.1. The van der Waals surface area contributed by atoms with E-state index in [-0.39, 0.29) is 11.3 Å². The third kappa shape index (κ3) is 4.91.